The highest BCUT2D eigenvalue weighted by molar-refractivity contribution is 7.92. The number of carbonyl (C=O) groups is 1. The van der Waals surface area contributed by atoms with Gasteiger partial charge >= 0.3 is 0 Å². The Morgan fingerprint density at radius 1 is 1.00 bits per heavy atom. The molecule has 2 heterocycles. The van der Waals surface area contributed by atoms with Crippen molar-refractivity contribution in [3.63, 3.8) is 0 Å². The third-order valence-electron chi connectivity index (χ3n) is 9.53. The summed E-state index contributed by atoms with van der Waals surface area (Å²) >= 11 is 0. The molecule has 10 nitrogen and oxygen atoms in total. The van der Waals surface area contributed by atoms with Gasteiger partial charge in [0.25, 0.3) is 15.9 Å². The summed E-state index contributed by atoms with van der Waals surface area (Å²) in [6, 6.07) is 14.3. The van der Waals surface area contributed by atoms with Crippen molar-refractivity contribution in [2.45, 2.75) is 108 Å². The van der Waals surface area contributed by atoms with E-state index >= 15 is 0 Å². The number of amides is 1. The minimum absolute atomic E-state index is 0.0267. The molecule has 1 aliphatic heterocycles. The number of aromatic nitrogens is 2. The van der Waals surface area contributed by atoms with Crippen molar-refractivity contribution >= 4 is 21.9 Å². The maximum atomic E-state index is 14.4. The van der Waals surface area contributed by atoms with Gasteiger partial charge in [0.1, 0.15) is 6.61 Å². The maximum Gasteiger partial charge on any atom is 0.264 e. The monoisotopic (exact) mass is 647 g/mol. The van der Waals surface area contributed by atoms with Crippen LogP contribution in [0.1, 0.15) is 80.3 Å². The van der Waals surface area contributed by atoms with Crippen molar-refractivity contribution in [1.82, 2.24) is 20.2 Å². The summed E-state index contributed by atoms with van der Waals surface area (Å²) in [4.78, 5) is 25.4. The number of nitrogens with one attached hydrogen (secondary N) is 2. The van der Waals surface area contributed by atoms with Crippen molar-refractivity contribution in [2.75, 3.05) is 11.3 Å². The molecule has 1 amide bonds. The smallest absolute Gasteiger partial charge is 0.264 e. The zero-order valence-electron chi connectivity index (χ0n) is 27.1. The van der Waals surface area contributed by atoms with Crippen LogP contribution in [0.25, 0.3) is 11.3 Å². The van der Waals surface area contributed by atoms with Gasteiger partial charge in [0.15, 0.2) is 0 Å². The van der Waals surface area contributed by atoms with Gasteiger partial charge in [-0.25, -0.2) is 18.1 Å². The number of nitrogens with zero attached hydrogens (tertiary/aromatic N) is 3. The Hall–Kier alpha value is -3.54. The van der Waals surface area contributed by atoms with Crippen molar-refractivity contribution in [3.8, 4) is 17.1 Å². The fraction of sp³-hybridized carbons (Fsp3) is 0.514. The highest BCUT2D eigenvalue weighted by Gasteiger charge is 2.41. The summed E-state index contributed by atoms with van der Waals surface area (Å²) in [6.07, 6.45) is 5.64. The van der Waals surface area contributed by atoms with E-state index < -0.39 is 10.0 Å². The number of anilines is 1. The second kappa shape index (κ2) is 13.3. The van der Waals surface area contributed by atoms with Crippen LogP contribution in [0.2, 0.25) is 0 Å². The first kappa shape index (κ1) is 32.4. The molecule has 46 heavy (non-hydrogen) atoms. The average molecular weight is 648 g/mol. The van der Waals surface area contributed by atoms with Crippen LogP contribution in [0.15, 0.2) is 53.4 Å². The molecule has 1 atom stereocenters. The number of ether oxygens (including phenoxy) is 1. The van der Waals surface area contributed by atoms with Crippen LogP contribution in [0.4, 0.5) is 5.95 Å². The van der Waals surface area contributed by atoms with Crippen LogP contribution < -0.4 is 14.8 Å². The fourth-order valence-corrected chi connectivity index (χ4v) is 8.15. The lowest BCUT2D eigenvalue weighted by Crippen LogP contribution is -2.60. The van der Waals surface area contributed by atoms with Gasteiger partial charge in [0.05, 0.1) is 22.7 Å². The molecule has 6 rings (SSSR count). The van der Waals surface area contributed by atoms with E-state index in [1.165, 1.54) is 12.1 Å². The summed E-state index contributed by atoms with van der Waals surface area (Å²) in [5.74, 6) is 0.224. The third-order valence-corrected chi connectivity index (χ3v) is 10.9. The van der Waals surface area contributed by atoms with Crippen LogP contribution in [-0.4, -0.2) is 71.2 Å². The third kappa shape index (κ3) is 7.06. The highest BCUT2D eigenvalue weighted by Crippen LogP contribution is 2.34. The SMILES string of the molecule is Cc1cccc(C)c1-c1cc2nc(n1)NS(=O)(=O)c1cccc(c1)C(=O)N(C1CC(N[C@H]3CC[C@H](O)CC3)C1)[C@H](CC(C)C)CO2. The normalized spacial score (nSPS) is 26.2. The molecule has 2 aromatic carbocycles. The first-order valence-electron chi connectivity index (χ1n) is 16.4. The Labute approximate surface area is 272 Å². The highest BCUT2D eigenvalue weighted by atomic mass is 32.2. The molecule has 3 aliphatic rings. The van der Waals surface area contributed by atoms with Gasteiger partial charge in [0.2, 0.25) is 11.8 Å². The molecule has 0 unspecified atom stereocenters. The molecular weight excluding hydrogens is 602 g/mol. The van der Waals surface area contributed by atoms with E-state index in [4.69, 9.17) is 4.74 Å². The van der Waals surface area contributed by atoms with Gasteiger partial charge in [-0.3, -0.25) is 4.79 Å². The van der Waals surface area contributed by atoms with E-state index in [0.29, 0.717) is 23.7 Å². The summed E-state index contributed by atoms with van der Waals surface area (Å²) in [5, 5.41) is 13.7. The maximum absolute atomic E-state index is 14.4. The predicted molar refractivity (Wildman–Crippen MR) is 177 cm³/mol. The largest absolute Gasteiger partial charge is 0.475 e. The van der Waals surface area contributed by atoms with E-state index in [1.54, 1.807) is 18.2 Å². The molecule has 0 spiro atoms. The number of sulfonamides is 1. The quantitative estimate of drug-likeness (QED) is 0.331. The Balaban J connectivity index is 1.37. The molecule has 1 aromatic heterocycles. The second-order valence-corrected chi connectivity index (χ2v) is 15.3. The predicted octanol–water partition coefficient (Wildman–Crippen LogP) is 5.23. The number of rotatable bonds is 6. The molecular formula is C35H45N5O5S. The zero-order valence-corrected chi connectivity index (χ0v) is 27.9. The number of aliphatic hydroxyl groups excluding tert-OH is 1. The van der Waals surface area contributed by atoms with E-state index in [0.717, 1.165) is 55.2 Å². The Morgan fingerprint density at radius 3 is 2.39 bits per heavy atom. The van der Waals surface area contributed by atoms with E-state index in [2.05, 4.69) is 33.9 Å². The van der Waals surface area contributed by atoms with Gasteiger partial charge in [-0.15, -0.1) is 0 Å². The van der Waals surface area contributed by atoms with Crippen molar-refractivity contribution in [1.29, 1.82) is 0 Å². The minimum Gasteiger partial charge on any atom is -0.475 e. The topological polar surface area (TPSA) is 134 Å². The van der Waals surface area contributed by atoms with Gasteiger partial charge in [-0.1, -0.05) is 38.1 Å². The summed E-state index contributed by atoms with van der Waals surface area (Å²) in [5.41, 5.74) is 3.75. The molecule has 246 valence electrons. The standard InChI is InChI=1S/C35H45N5O5S/c1-21(2)15-28-20-45-32-19-31(33-22(3)7-5-8-23(33)4)37-35(38-32)39-46(43,44)30-10-6-9-24(16-30)34(42)40(28)27-17-26(18-27)36-25-11-13-29(41)14-12-25/h5-10,16,19,21,25-29,36,41H,11-15,17-18,20H2,1-4H3,(H,37,38,39)/t25-,26?,27?,28-,29-/m1/s1. The van der Waals surface area contributed by atoms with Gasteiger partial charge < -0.3 is 20.1 Å². The van der Waals surface area contributed by atoms with Crippen molar-refractivity contribution in [3.05, 3.63) is 65.2 Å². The Morgan fingerprint density at radius 2 is 1.70 bits per heavy atom. The molecule has 2 saturated carbocycles. The number of fused-ring (bicyclic) bond motifs is 4. The molecule has 0 saturated heterocycles. The van der Waals surface area contributed by atoms with Crippen LogP contribution in [0, 0.1) is 19.8 Å². The Kier molecular flexibility index (Phi) is 9.36. The van der Waals surface area contributed by atoms with E-state index in [-0.39, 0.29) is 59.4 Å². The number of aryl methyl sites for hydroxylation is 2. The minimum atomic E-state index is -4.12. The number of hydrogen-bond acceptors (Lipinski definition) is 8. The molecule has 3 N–H and O–H groups in total. The molecule has 3 aromatic rings. The van der Waals surface area contributed by atoms with E-state index in [9.17, 15) is 18.3 Å². The van der Waals surface area contributed by atoms with Crippen LogP contribution in [-0.2, 0) is 10.0 Å². The summed E-state index contributed by atoms with van der Waals surface area (Å²) in [7, 11) is -4.12. The van der Waals surface area contributed by atoms with Gasteiger partial charge in [0, 0.05) is 35.3 Å². The molecule has 2 aliphatic carbocycles. The average Bonchev–Trinajstić information content (AvgIpc) is 2.98. The number of hydrogen-bond donors (Lipinski definition) is 3. The van der Waals surface area contributed by atoms with Crippen LogP contribution in [0.3, 0.4) is 0 Å². The van der Waals surface area contributed by atoms with Crippen LogP contribution in [0.5, 0.6) is 5.88 Å². The molecule has 2 fully saturated rings. The molecule has 0 radical (unpaired) electrons. The molecule has 11 heteroatoms. The first-order valence-corrected chi connectivity index (χ1v) is 17.9. The van der Waals surface area contributed by atoms with E-state index in [1.807, 2.05) is 36.9 Å². The number of aliphatic hydroxyl groups is 1. The van der Waals surface area contributed by atoms with Crippen molar-refractivity contribution < 1.29 is 23.1 Å². The van der Waals surface area contributed by atoms with Gasteiger partial charge in [-0.2, -0.15) is 4.98 Å². The summed E-state index contributed by atoms with van der Waals surface area (Å²) in [6.45, 7) is 8.44. The van der Waals surface area contributed by atoms with Crippen LogP contribution >= 0.6 is 0 Å². The first-order chi connectivity index (χ1) is 22.0. The Bertz CT molecular complexity index is 1660. The second-order valence-electron chi connectivity index (χ2n) is 13.6. The zero-order chi connectivity index (χ0) is 32.6. The lowest BCUT2D eigenvalue weighted by Gasteiger charge is -2.48. The molecule has 4 bridgehead atoms. The lowest BCUT2D eigenvalue weighted by molar-refractivity contribution is 0.0181. The van der Waals surface area contributed by atoms with Gasteiger partial charge in [-0.05, 0) is 94.0 Å². The number of benzene rings is 2. The summed E-state index contributed by atoms with van der Waals surface area (Å²) < 4.78 is 36.2. The lowest BCUT2D eigenvalue weighted by atomic mass is 9.81. The number of carbonyl (C=O) groups excluding carboxylic acids is 1. The fourth-order valence-electron chi connectivity index (χ4n) is 7.16. The van der Waals surface area contributed by atoms with Crippen molar-refractivity contribution in [2.24, 2.45) is 5.92 Å².